The second-order valence-corrected chi connectivity index (χ2v) is 9.52. The number of hydrogen-bond acceptors (Lipinski definition) is 4. The average molecular weight is 516 g/mol. The molecule has 31 heavy (non-hydrogen) atoms. The van der Waals surface area contributed by atoms with Crippen molar-refractivity contribution in [3.8, 4) is 5.75 Å². The lowest BCUT2D eigenvalue weighted by Crippen LogP contribution is -2.37. The first-order valence-electron chi connectivity index (χ1n) is 10.0. The lowest BCUT2D eigenvalue weighted by Gasteiger charge is -2.32. The number of hydrogen-bond donors (Lipinski definition) is 2. The van der Waals surface area contributed by atoms with Crippen molar-refractivity contribution in [2.24, 2.45) is 0 Å². The Hall–Kier alpha value is -1.90. The van der Waals surface area contributed by atoms with Gasteiger partial charge in [-0.1, -0.05) is 0 Å². The van der Waals surface area contributed by atoms with Gasteiger partial charge in [0.05, 0.1) is 11.8 Å². The molecule has 0 saturated heterocycles. The molecule has 1 aliphatic heterocycles. The van der Waals surface area contributed by atoms with Crippen LogP contribution in [0.2, 0.25) is 0 Å². The van der Waals surface area contributed by atoms with E-state index in [9.17, 15) is 18.7 Å². The molecule has 5 nitrogen and oxygen atoms in total. The summed E-state index contributed by atoms with van der Waals surface area (Å²) in [7, 11) is 0. The molecule has 0 aromatic heterocycles. The fraction of sp³-hybridized carbons (Fsp3) is 0.409. The van der Waals surface area contributed by atoms with Crippen LogP contribution in [0, 0.1) is 0 Å². The van der Waals surface area contributed by atoms with E-state index in [1.807, 2.05) is 6.07 Å². The molecule has 9 heteroatoms. The molecule has 0 spiro atoms. The minimum Gasteiger partial charge on any atom is -0.420 e. The minimum atomic E-state index is -3.79. The third kappa shape index (κ3) is 4.52. The molecule has 4 rings (SSSR count). The van der Waals surface area contributed by atoms with Crippen LogP contribution in [-0.4, -0.2) is 34.8 Å². The zero-order chi connectivity index (χ0) is 22.5. The van der Waals surface area contributed by atoms with Gasteiger partial charge in [-0.15, -0.1) is 8.78 Å². The average Bonchev–Trinajstić information content (AvgIpc) is 3.17. The Morgan fingerprint density at radius 3 is 2.58 bits per heavy atom. The van der Waals surface area contributed by atoms with Crippen LogP contribution in [0.3, 0.4) is 0 Å². The number of alkyl halides is 3. The Kier molecular flexibility index (Phi) is 5.91. The number of nitrogens with zero attached hydrogens (tertiary/aromatic N) is 1. The van der Waals surface area contributed by atoms with E-state index in [2.05, 4.69) is 44.7 Å². The van der Waals surface area contributed by atoms with E-state index >= 15 is 0 Å². The Balaban J connectivity index is 1.57. The topological polar surface area (TPSA) is 61.8 Å². The number of halogens is 4. The van der Waals surface area contributed by atoms with Crippen LogP contribution in [-0.2, 0) is 0 Å². The summed E-state index contributed by atoms with van der Waals surface area (Å²) in [5, 5.41) is 13.0. The maximum absolute atomic E-state index is 12.9. The number of anilines is 2. The van der Waals surface area contributed by atoms with Gasteiger partial charge in [0, 0.05) is 45.3 Å². The molecule has 1 saturated carbocycles. The van der Waals surface area contributed by atoms with Crippen LogP contribution in [0.25, 0.3) is 0 Å². The van der Waals surface area contributed by atoms with Crippen molar-refractivity contribution in [2.75, 3.05) is 10.2 Å². The molecule has 1 fully saturated rings. The van der Waals surface area contributed by atoms with E-state index in [1.165, 1.54) is 24.3 Å². The largest absolute Gasteiger partial charge is 0.487 e. The first kappa shape index (κ1) is 22.3. The van der Waals surface area contributed by atoms with E-state index in [0.29, 0.717) is 24.1 Å². The fourth-order valence-electron chi connectivity index (χ4n) is 4.69. The zero-order valence-electron chi connectivity index (χ0n) is 16.9. The lowest BCUT2D eigenvalue weighted by atomic mass is 9.95. The van der Waals surface area contributed by atoms with E-state index in [1.54, 1.807) is 6.07 Å². The maximum Gasteiger partial charge on any atom is 0.487 e. The summed E-state index contributed by atoms with van der Waals surface area (Å²) < 4.78 is 30.6. The number of amides is 1. The summed E-state index contributed by atoms with van der Waals surface area (Å²) in [6.45, 7) is 4.24. The van der Waals surface area contributed by atoms with Gasteiger partial charge in [-0.2, -0.15) is 0 Å². The number of fused-ring (bicyclic) bond motifs is 3. The molecule has 2 aliphatic rings. The van der Waals surface area contributed by atoms with Gasteiger partial charge in [-0.3, -0.25) is 4.79 Å². The molecule has 2 aromatic carbocycles. The van der Waals surface area contributed by atoms with Gasteiger partial charge in [-0.25, -0.2) is 0 Å². The van der Waals surface area contributed by atoms with E-state index < -0.39 is 5.57 Å². The van der Waals surface area contributed by atoms with Crippen LogP contribution < -0.4 is 15.0 Å². The number of rotatable bonds is 5. The van der Waals surface area contributed by atoms with Crippen LogP contribution in [0.1, 0.15) is 48.5 Å². The lowest BCUT2D eigenvalue weighted by molar-refractivity contribution is -0.0964. The molecule has 0 radical (unpaired) electrons. The van der Waals surface area contributed by atoms with Gasteiger partial charge < -0.3 is 20.1 Å². The number of benzene rings is 2. The highest BCUT2D eigenvalue weighted by molar-refractivity contribution is 9.10. The third-order valence-electron chi connectivity index (χ3n) is 5.78. The predicted molar refractivity (Wildman–Crippen MR) is 119 cm³/mol. The second kappa shape index (κ2) is 8.22. The minimum absolute atomic E-state index is 0.113. The van der Waals surface area contributed by atoms with Crippen molar-refractivity contribution in [1.29, 1.82) is 0 Å². The highest BCUT2D eigenvalue weighted by Gasteiger charge is 2.46. The number of carbonyl (C=O) groups is 1. The van der Waals surface area contributed by atoms with E-state index in [-0.39, 0.29) is 35.8 Å². The third-order valence-corrected chi connectivity index (χ3v) is 6.46. The van der Waals surface area contributed by atoms with E-state index in [0.717, 1.165) is 15.7 Å². The fourth-order valence-corrected chi connectivity index (χ4v) is 5.46. The summed E-state index contributed by atoms with van der Waals surface area (Å²) in [5.74, 6) is -0.263. The van der Waals surface area contributed by atoms with Crippen molar-refractivity contribution in [1.82, 2.24) is 0 Å². The molecule has 166 valence electrons. The van der Waals surface area contributed by atoms with Crippen molar-refractivity contribution < 1.29 is 23.4 Å². The van der Waals surface area contributed by atoms with Crippen molar-refractivity contribution >= 4 is 44.8 Å². The van der Waals surface area contributed by atoms with Crippen LogP contribution in [0.5, 0.6) is 5.75 Å². The molecular formula is C22H22BrClF2N2O3. The Bertz CT molecular complexity index is 997. The molecule has 3 atom stereocenters. The van der Waals surface area contributed by atoms with Gasteiger partial charge in [-0.05, 0) is 84.6 Å². The van der Waals surface area contributed by atoms with Gasteiger partial charge in [0.1, 0.15) is 5.75 Å². The molecule has 1 amide bonds. The summed E-state index contributed by atoms with van der Waals surface area (Å²) in [5.41, 5.74) is -0.745. The molecular weight excluding hydrogens is 494 g/mol. The van der Waals surface area contributed by atoms with Gasteiger partial charge >= 0.3 is 5.57 Å². The normalized spacial score (nSPS) is 22.5. The molecule has 2 aromatic rings. The number of nitrogens with one attached hydrogen (secondary N) is 1. The molecule has 1 heterocycles. The van der Waals surface area contributed by atoms with Gasteiger partial charge in [0.15, 0.2) is 0 Å². The summed E-state index contributed by atoms with van der Waals surface area (Å²) in [6.07, 6.45) is 1.04. The predicted octanol–water partition coefficient (Wildman–Crippen LogP) is 5.70. The number of ether oxygens (including phenoxy) is 1. The first-order chi connectivity index (χ1) is 14.5. The van der Waals surface area contributed by atoms with Gasteiger partial charge in [0.2, 0.25) is 0 Å². The summed E-state index contributed by atoms with van der Waals surface area (Å²) in [4.78, 5) is 15.2. The highest BCUT2D eigenvalue weighted by atomic mass is 79.9. The quantitative estimate of drug-likeness (QED) is 0.501. The highest BCUT2D eigenvalue weighted by Crippen LogP contribution is 2.53. The van der Waals surface area contributed by atoms with Crippen molar-refractivity contribution in [2.45, 2.75) is 56.4 Å². The van der Waals surface area contributed by atoms with Crippen LogP contribution in [0.15, 0.2) is 40.9 Å². The van der Waals surface area contributed by atoms with Gasteiger partial charge in [0.25, 0.3) is 5.91 Å². The number of carbonyl (C=O) groups excluding carboxylic acids is 1. The Morgan fingerprint density at radius 1 is 1.29 bits per heavy atom. The van der Waals surface area contributed by atoms with Crippen molar-refractivity contribution in [3.63, 3.8) is 0 Å². The Morgan fingerprint density at radius 2 is 1.97 bits per heavy atom. The van der Waals surface area contributed by atoms with Crippen molar-refractivity contribution in [3.05, 3.63) is 52.0 Å². The SMILES string of the molecule is CC(C)N1c2c(Br)cc(C(=O)Nc3ccc(OC(F)(F)Cl)cc3)cc2C2CC(O)CC21. The van der Waals surface area contributed by atoms with Crippen LogP contribution >= 0.6 is 27.5 Å². The zero-order valence-corrected chi connectivity index (χ0v) is 19.3. The first-order valence-corrected chi connectivity index (χ1v) is 11.2. The summed E-state index contributed by atoms with van der Waals surface area (Å²) in [6, 6.07) is 9.67. The number of aliphatic hydroxyl groups is 1. The second-order valence-electron chi connectivity index (χ2n) is 8.22. The van der Waals surface area contributed by atoms with E-state index in [4.69, 9.17) is 11.6 Å². The maximum atomic E-state index is 12.9. The molecule has 3 unspecified atom stereocenters. The smallest absolute Gasteiger partial charge is 0.420 e. The Labute approximate surface area is 192 Å². The standard InChI is InChI=1S/C22H22BrClF2N2O3/c1-11(2)28-19-10-14(29)9-16(19)17-7-12(8-18(23)20(17)28)21(30)27-13-3-5-15(6-4-13)31-22(24,25)26/h3-8,11,14,16,19,29H,9-10H2,1-2H3,(H,27,30). The molecule has 1 aliphatic carbocycles. The molecule has 2 N–H and O–H groups in total. The number of aliphatic hydroxyl groups excluding tert-OH is 1. The molecule has 0 bridgehead atoms. The summed E-state index contributed by atoms with van der Waals surface area (Å²) >= 11 is 8.40. The monoisotopic (exact) mass is 514 g/mol. The van der Waals surface area contributed by atoms with Crippen LogP contribution in [0.4, 0.5) is 20.2 Å².